The molecule has 0 rings (SSSR count). The van der Waals surface area contributed by atoms with E-state index in [1.165, 1.54) is 0 Å². The highest BCUT2D eigenvalue weighted by Gasteiger charge is 2.99. The maximum Gasteiger partial charge on any atom is 0.460 e. The maximum absolute atomic E-state index is 13.4. The summed E-state index contributed by atoms with van der Waals surface area (Å²) < 4.78 is 322. The summed E-state index contributed by atoms with van der Waals surface area (Å²) in [5.41, 5.74) is 0. The van der Waals surface area contributed by atoms with Gasteiger partial charge in [0.1, 0.15) is 0 Å². The van der Waals surface area contributed by atoms with Crippen molar-refractivity contribution in [2.24, 2.45) is 0 Å². The minimum Gasteiger partial charge on any atom is -0.478 e. The largest absolute Gasteiger partial charge is 0.478 e. The molecule has 0 radical (unpaired) electrons. The van der Waals surface area contributed by atoms with E-state index in [2.05, 4.69) is 6.58 Å². The van der Waals surface area contributed by atoms with Crippen LogP contribution in [0, 0.1) is 0 Å². The fourth-order valence-corrected chi connectivity index (χ4v) is 1.94. The number of carbonyl (C=O) groups is 1. The summed E-state index contributed by atoms with van der Waals surface area (Å²) in [7, 11) is 0. The Labute approximate surface area is 216 Å². The number of alkyl halides is 25. The Bertz CT molecular complexity index is 944. The zero-order valence-electron chi connectivity index (χ0n) is 18.5. The Morgan fingerprint density at radius 1 is 0.395 bits per heavy atom. The zero-order chi connectivity index (χ0) is 36.3. The highest BCUT2D eigenvalue weighted by Crippen LogP contribution is 2.67. The molecule has 0 bridgehead atoms. The number of aliphatic hydroxyl groups is 1. The van der Waals surface area contributed by atoms with Gasteiger partial charge in [0.25, 0.3) is 0 Å². The molecule has 0 atom stereocenters. The first kappa shape index (κ1) is 42.6. The van der Waals surface area contributed by atoms with Crippen molar-refractivity contribution in [1.82, 2.24) is 0 Å². The van der Waals surface area contributed by atoms with E-state index in [-0.39, 0.29) is 0 Å². The summed E-state index contributed by atoms with van der Waals surface area (Å²) >= 11 is 0. The van der Waals surface area contributed by atoms with E-state index in [1.54, 1.807) is 0 Å². The van der Waals surface area contributed by atoms with Crippen molar-refractivity contribution in [3.05, 3.63) is 12.7 Å². The van der Waals surface area contributed by atoms with Gasteiger partial charge in [-0.15, -0.1) is 0 Å². The second-order valence-corrected chi connectivity index (χ2v) is 7.33. The van der Waals surface area contributed by atoms with Gasteiger partial charge in [0, 0.05) is 6.08 Å². The van der Waals surface area contributed by atoms with Crippen molar-refractivity contribution in [3.8, 4) is 0 Å². The lowest BCUT2D eigenvalue weighted by Crippen LogP contribution is -2.78. The Hall–Kier alpha value is -2.58. The first-order chi connectivity index (χ1) is 18.0. The van der Waals surface area contributed by atoms with E-state index in [4.69, 9.17) is 10.2 Å². The van der Waals surface area contributed by atoms with Crippen LogP contribution in [0.2, 0.25) is 0 Å². The standard InChI is InChI=1S/C12HF25O.C3H4O2/c13-1(14,3(17,18)5(21,22)7(25,26)9(29,30)11(33,34)35)2(15,16)4(19,20)6(23,24)8(27,28)10(31,32)12(36,37)38;1-2-3(4)5/h38H;2H,1H2,(H,4,5). The number of aliphatic carboxylic acids is 1. The van der Waals surface area contributed by atoms with Gasteiger partial charge in [-0.1, -0.05) is 6.58 Å². The van der Waals surface area contributed by atoms with Gasteiger partial charge in [-0.25, -0.2) is 4.79 Å². The number of hydrogen-bond donors (Lipinski definition) is 2. The molecule has 0 spiro atoms. The molecule has 0 saturated carbocycles. The van der Waals surface area contributed by atoms with Crippen molar-refractivity contribution in [1.29, 1.82) is 0 Å². The number of rotatable bonds is 11. The molecule has 0 saturated heterocycles. The molecular formula is C15H5F25O3. The lowest BCUT2D eigenvalue weighted by molar-refractivity contribution is -0.487. The fraction of sp³-hybridized carbons (Fsp3) is 0.800. The van der Waals surface area contributed by atoms with Crippen LogP contribution >= 0.6 is 0 Å². The second-order valence-electron chi connectivity index (χ2n) is 7.33. The van der Waals surface area contributed by atoms with E-state index in [9.17, 15) is 115 Å². The fourth-order valence-electron chi connectivity index (χ4n) is 1.94. The maximum atomic E-state index is 13.4. The molecule has 0 aliphatic carbocycles. The van der Waals surface area contributed by atoms with E-state index < -0.39 is 77.5 Å². The summed E-state index contributed by atoms with van der Waals surface area (Å²) in [6, 6.07) is 0. The molecule has 0 amide bonds. The third-order valence-electron chi connectivity index (χ3n) is 4.46. The third-order valence-corrected chi connectivity index (χ3v) is 4.46. The van der Waals surface area contributed by atoms with Gasteiger partial charge in [-0.05, 0) is 0 Å². The summed E-state index contributed by atoms with van der Waals surface area (Å²) in [6.45, 7) is 2.96. The molecule has 0 aliphatic rings. The molecule has 0 unspecified atom stereocenters. The molecule has 0 heterocycles. The van der Waals surface area contributed by atoms with Gasteiger partial charge in [0.05, 0.1) is 0 Å². The van der Waals surface area contributed by atoms with Crippen molar-refractivity contribution < 1.29 is 125 Å². The molecule has 0 aromatic heterocycles. The smallest absolute Gasteiger partial charge is 0.460 e. The van der Waals surface area contributed by atoms with Crippen molar-refractivity contribution in [2.75, 3.05) is 0 Å². The van der Waals surface area contributed by atoms with Crippen molar-refractivity contribution >= 4 is 5.97 Å². The second kappa shape index (κ2) is 10.8. The minimum atomic E-state index is -9.62. The Balaban J connectivity index is 0. The molecule has 0 aromatic carbocycles. The van der Waals surface area contributed by atoms with Gasteiger partial charge in [0.15, 0.2) is 0 Å². The predicted molar refractivity (Wildman–Crippen MR) is 80.5 cm³/mol. The lowest BCUT2D eigenvalue weighted by atomic mass is 9.85. The number of carboxylic acids is 1. The van der Waals surface area contributed by atoms with Crippen LogP contribution in [-0.2, 0) is 4.79 Å². The van der Waals surface area contributed by atoms with Crippen LogP contribution in [0.5, 0.6) is 0 Å². The molecule has 43 heavy (non-hydrogen) atoms. The minimum absolute atomic E-state index is 0.833. The van der Waals surface area contributed by atoms with Crippen LogP contribution in [0.15, 0.2) is 12.7 Å². The molecular weight excluding hydrogens is 703 g/mol. The number of hydrogen-bond acceptors (Lipinski definition) is 2. The highest BCUT2D eigenvalue weighted by atomic mass is 19.4. The topological polar surface area (TPSA) is 57.5 Å². The summed E-state index contributed by atoms with van der Waals surface area (Å²) in [5, 5.41) is 15.0. The van der Waals surface area contributed by atoms with Gasteiger partial charge < -0.3 is 10.2 Å². The molecule has 28 heteroatoms. The Morgan fingerprint density at radius 2 is 0.535 bits per heavy atom. The van der Waals surface area contributed by atoms with Gasteiger partial charge in [-0.3, -0.25) is 0 Å². The van der Waals surface area contributed by atoms with Crippen LogP contribution in [-0.4, -0.2) is 87.7 Å². The SMILES string of the molecule is C=CC(=O)O.OC(F)(F)C(F)(F)C(F)(F)C(F)(F)C(F)(F)C(F)(F)C(F)(F)C(F)(F)C(F)(F)C(F)(F)C(F)(F)C(F)(F)F. The Morgan fingerprint density at radius 3 is 0.651 bits per heavy atom. The molecule has 258 valence electrons. The monoisotopic (exact) mass is 708 g/mol. The summed E-state index contributed by atoms with van der Waals surface area (Å²) in [4.78, 5) is 9.25. The van der Waals surface area contributed by atoms with Crippen LogP contribution < -0.4 is 0 Å². The van der Waals surface area contributed by atoms with Crippen molar-refractivity contribution in [2.45, 2.75) is 71.5 Å². The number of halogens is 25. The highest BCUT2D eigenvalue weighted by molar-refractivity contribution is 5.78. The van der Waals surface area contributed by atoms with E-state index in [0.29, 0.717) is 0 Å². The summed E-state index contributed by atoms with van der Waals surface area (Å²) in [5.74, 6) is -93.1. The molecule has 3 nitrogen and oxygen atoms in total. The van der Waals surface area contributed by atoms with Gasteiger partial charge in [0.2, 0.25) is 0 Å². The van der Waals surface area contributed by atoms with Crippen LogP contribution in [0.25, 0.3) is 0 Å². The van der Waals surface area contributed by atoms with Crippen LogP contribution in [0.3, 0.4) is 0 Å². The van der Waals surface area contributed by atoms with Crippen molar-refractivity contribution in [3.63, 3.8) is 0 Å². The lowest BCUT2D eigenvalue weighted by Gasteiger charge is -2.45. The zero-order valence-corrected chi connectivity index (χ0v) is 18.5. The number of carboxylic acid groups (broad SMARTS) is 1. The van der Waals surface area contributed by atoms with E-state index >= 15 is 0 Å². The summed E-state index contributed by atoms with van der Waals surface area (Å²) in [6.07, 6.45) is -15.0. The molecule has 0 aromatic rings. The van der Waals surface area contributed by atoms with E-state index in [1.807, 2.05) is 0 Å². The van der Waals surface area contributed by atoms with Crippen LogP contribution in [0.1, 0.15) is 0 Å². The average Bonchev–Trinajstić information content (AvgIpc) is 2.76. The first-order valence-corrected chi connectivity index (χ1v) is 8.82. The molecule has 2 N–H and O–H groups in total. The Kier molecular flexibility index (Phi) is 10.7. The predicted octanol–water partition coefficient (Wildman–Crippen LogP) is 7.74. The molecule has 0 fully saturated rings. The normalized spacial score (nSPS) is 16.0. The van der Waals surface area contributed by atoms with Gasteiger partial charge >= 0.3 is 77.5 Å². The first-order valence-electron chi connectivity index (χ1n) is 8.82. The quantitative estimate of drug-likeness (QED) is 0.171. The third kappa shape index (κ3) is 5.70. The molecule has 0 aliphatic heterocycles. The average molecular weight is 708 g/mol. The van der Waals surface area contributed by atoms with Gasteiger partial charge in [-0.2, -0.15) is 110 Å². The van der Waals surface area contributed by atoms with Crippen LogP contribution in [0.4, 0.5) is 110 Å². The van der Waals surface area contributed by atoms with E-state index in [0.717, 1.165) is 6.08 Å².